The second-order valence-electron chi connectivity index (χ2n) is 5.02. The van der Waals surface area contributed by atoms with Gasteiger partial charge in [-0.3, -0.25) is 14.3 Å². The number of amides is 2. The summed E-state index contributed by atoms with van der Waals surface area (Å²) in [6, 6.07) is 1.95. The van der Waals surface area contributed by atoms with Crippen LogP contribution in [0.4, 0.5) is 10.7 Å². The van der Waals surface area contributed by atoms with Crippen molar-refractivity contribution in [1.29, 1.82) is 0 Å². The number of anilines is 2. The summed E-state index contributed by atoms with van der Waals surface area (Å²) in [5.41, 5.74) is 3.84. The van der Waals surface area contributed by atoms with Crippen molar-refractivity contribution in [3.63, 3.8) is 0 Å². The van der Waals surface area contributed by atoms with Gasteiger partial charge in [0.2, 0.25) is 11.8 Å². The summed E-state index contributed by atoms with van der Waals surface area (Å²) in [4.78, 5) is 21.3. The molecule has 2 amide bonds. The Balaban J connectivity index is 0. The quantitative estimate of drug-likeness (QED) is 0.762. The molecule has 2 N–H and O–H groups in total. The highest BCUT2D eigenvalue weighted by molar-refractivity contribution is 7.14. The first-order chi connectivity index (χ1) is 12.2. The number of aryl methyl sites for hydroxylation is 3. The van der Waals surface area contributed by atoms with E-state index in [1.54, 1.807) is 16.0 Å². The highest BCUT2D eigenvalue weighted by atomic mass is 32.1. The molecule has 26 heavy (non-hydrogen) atoms. The fourth-order valence-electron chi connectivity index (χ4n) is 1.80. The van der Waals surface area contributed by atoms with Crippen LogP contribution in [0.15, 0.2) is 11.4 Å². The zero-order chi connectivity index (χ0) is 20.9. The molecule has 7 heteroatoms. The molecule has 2 rings (SSSR count). The van der Waals surface area contributed by atoms with Gasteiger partial charge in [-0.2, -0.15) is 5.10 Å². The van der Waals surface area contributed by atoms with Gasteiger partial charge in [0.15, 0.2) is 0 Å². The van der Waals surface area contributed by atoms with Gasteiger partial charge >= 0.3 is 0 Å². The van der Waals surface area contributed by atoms with Crippen LogP contribution in [-0.4, -0.2) is 21.6 Å². The van der Waals surface area contributed by atoms with E-state index < -0.39 is 0 Å². The van der Waals surface area contributed by atoms with E-state index in [-0.39, 0.29) is 11.8 Å². The first kappa shape index (κ1) is 26.1. The van der Waals surface area contributed by atoms with E-state index in [0.29, 0.717) is 0 Å². The van der Waals surface area contributed by atoms with Crippen LogP contribution in [0.2, 0.25) is 0 Å². The largest absolute Gasteiger partial charge is 0.323 e. The van der Waals surface area contributed by atoms with Crippen molar-refractivity contribution in [1.82, 2.24) is 9.78 Å². The fourth-order valence-corrected chi connectivity index (χ4v) is 2.64. The van der Waals surface area contributed by atoms with Crippen molar-refractivity contribution in [3.8, 4) is 0 Å². The van der Waals surface area contributed by atoms with E-state index in [1.165, 1.54) is 19.4 Å². The molecule has 2 heterocycles. The van der Waals surface area contributed by atoms with Crippen molar-refractivity contribution < 1.29 is 9.59 Å². The SMILES string of the molecule is CC.CC.CC(=O)Nc1c(C)nn(C)c1C.CC(=O)Nc1cc(C)cs1. The van der Waals surface area contributed by atoms with Crippen LogP contribution in [0.5, 0.6) is 0 Å². The lowest BCUT2D eigenvalue weighted by Crippen LogP contribution is -2.07. The predicted molar refractivity (Wildman–Crippen MR) is 113 cm³/mol. The van der Waals surface area contributed by atoms with Crippen LogP contribution in [0.3, 0.4) is 0 Å². The van der Waals surface area contributed by atoms with Crippen molar-refractivity contribution in [2.75, 3.05) is 10.6 Å². The molecule has 0 saturated heterocycles. The normalized spacial score (nSPS) is 8.69. The van der Waals surface area contributed by atoms with Crippen LogP contribution in [0.25, 0.3) is 0 Å². The van der Waals surface area contributed by atoms with Gasteiger partial charge in [-0.1, -0.05) is 27.7 Å². The van der Waals surface area contributed by atoms with Crippen LogP contribution < -0.4 is 10.6 Å². The molecule has 0 spiro atoms. The molecule has 0 saturated carbocycles. The molecular weight excluding hydrogens is 348 g/mol. The lowest BCUT2D eigenvalue weighted by molar-refractivity contribution is -0.115. The summed E-state index contributed by atoms with van der Waals surface area (Å²) >= 11 is 1.55. The van der Waals surface area contributed by atoms with Gasteiger partial charge in [0.25, 0.3) is 0 Å². The van der Waals surface area contributed by atoms with Gasteiger partial charge < -0.3 is 10.6 Å². The number of carbonyl (C=O) groups excluding carboxylic acids is 2. The summed E-state index contributed by atoms with van der Waals surface area (Å²) in [6.45, 7) is 16.8. The van der Waals surface area contributed by atoms with E-state index in [9.17, 15) is 9.59 Å². The molecule has 0 aliphatic heterocycles. The first-order valence-electron chi connectivity index (χ1n) is 8.81. The number of hydrogen-bond acceptors (Lipinski definition) is 4. The highest BCUT2D eigenvalue weighted by Gasteiger charge is 2.09. The number of nitrogens with zero attached hydrogens (tertiary/aromatic N) is 2. The Hall–Kier alpha value is -2.15. The van der Waals surface area contributed by atoms with Crippen molar-refractivity contribution in [2.24, 2.45) is 7.05 Å². The van der Waals surface area contributed by atoms with E-state index >= 15 is 0 Å². The molecule has 0 aliphatic rings. The summed E-state index contributed by atoms with van der Waals surface area (Å²) < 4.78 is 1.75. The van der Waals surface area contributed by atoms with Crippen LogP contribution in [0, 0.1) is 20.8 Å². The predicted octanol–water partition coefficient (Wildman–Crippen LogP) is 5.06. The molecule has 0 unspecified atom stereocenters. The minimum Gasteiger partial charge on any atom is -0.323 e. The number of nitrogens with one attached hydrogen (secondary N) is 2. The molecule has 0 bridgehead atoms. The number of hydrogen-bond donors (Lipinski definition) is 2. The molecular formula is C19H34N4O2S. The average Bonchev–Trinajstić information content (AvgIpc) is 3.09. The third kappa shape index (κ3) is 9.98. The smallest absolute Gasteiger partial charge is 0.221 e. The molecule has 0 fully saturated rings. The Bertz CT molecular complexity index is 675. The number of aromatic nitrogens is 2. The topological polar surface area (TPSA) is 76.0 Å². The van der Waals surface area contributed by atoms with E-state index in [2.05, 4.69) is 15.7 Å². The third-order valence-electron chi connectivity index (χ3n) is 2.84. The zero-order valence-corrected chi connectivity index (χ0v) is 18.6. The Labute approximate surface area is 162 Å². The van der Waals surface area contributed by atoms with Crippen molar-refractivity contribution in [3.05, 3.63) is 28.4 Å². The van der Waals surface area contributed by atoms with Gasteiger partial charge in [0.05, 0.1) is 22.1 Å². The molecule has 0 aliphatic carbocycles. The van der Waals surface area contributed by atoms with E-state index in [0.717, 1.165) is 22.1 Å². The highest BCUT2D eigenvalue weighted by Crippen LogP contribution is 2.19. The maximum atomic E-state index is 10.8. The van der Waals surface area contributed by atoms with Gasteiger partial charge in [-0.25, -0.2) is 0 Å². The van der Waals surface area contributed by atoms with Crippen molar-refractivity contribution >= 4 is 33.8 Å². The maximum absolute atomic E-state index is 10.8. The Morgan fingerprint density at radius 3 is 1.81 bits per heavy atom. The Kier molecular flexibility index (Phi) is 14.1. The molecule has 2 aromatic heterocycles. The lowest BCUT2D eigenvalue weighted by Gasteiger charge is -2.00. The van der Waals surface area contributed by atoms with Gasteiger partial charge in [-0.05, 0) is 37.8 Å². The minimum absolute atomic E-state index is 0.0122. The monoisotopic (exact) mass is 382 g/mol. The molecule has 2 aromatic rings. The maximum Gasteiger partial charge on any atom is 0.221 e. The summed E-state index contributed by atoms with van der Waals surface area (Å²) in [7, 11) is 1.85. The lowest BCUT2D eigenvalue weighted by atomic mass is 10.3. The van der Waals surface area contributed by atoms with Gasteiger partial charge in [0.1, 0.15) is 0 Å². The molecule has 0 atom stereocenters. The fraction of sp³-hybridized carbons (Fsp3) is 0.526. The number of carbonyl (C=O) groups is 2. The van der Waals surface area contributed by atoms with Crippen LogP contribution in [0.1, 0.15) is 58.5 Å². The molecule has 0 radical (unpaired) electrons. The van der Waals surface area contributed by atoms with Crippen LogP contribution >= 0.6 is 11.3 Å². The Morgan fingerprint density at radius 2 is 1.50 bits per heavy atom. The summed E-state index contributed by atoms with van der Waals surface area (Å²) in [5.74, 6) is -0.0731. The Morgan fingerprint density at radius 1 is 1.00 bits per heavy atom. The number of thiophene rings is 1. The van der Waals surface area contributed by atoms with E-state index in [4.69, 9.17) is 0 Å². The molecule has 148 valence electrons. The average molecular weight is 383 g/mol. The third-order valence-corrected chi connectivity index (χ3v) is 3.80. The van der Waals surface area contributed by atoms with Crippen molar-refractivity contribution in [2.45, 2.75) is 62.3 Å². The first-order valence-corrected chi connectivity index (χ1v) is 9.69. The second kappa shape index (κ2) is 14.1. The zero-order valence-electron chi connectivity index (χ0n) is 17.8. The minimum atomic E-state index is -0.0609. The number of rotatable bonds is 2. The molecule has 0 aromatic carbocycles. The summed E-state index contributed by atoms with van der Waals surface area (Å²) in [5, 5.41) is 12.5. The molecule has 6 nitrogen and oxygen atoms in total. The van der Waals surface area contributed by atoms with Gasteiger partial charge in [0, 0.05) is 20.9 Å². The van der Waals surface area contributed by atoms with Crippen LogP contribution in [-0.2, 0) is 16.6 Å². The van der Waals surface area contributed by atoms with E-state index in [1.807, 2.05) is 67.0 Å². The summed E-state index contributed by atoms with van der Waals surface area (Å²) in [6.07, 6.45) is 0. The standard InChI is InChI=1S/C8H13N3O.C7H9NOS.2C2H6/c1-5-8(9-7(3)12)6(2)11(4)10-5;1-5-3-7(10-4-5)8-6(2)9;2*1-2/h1-4H3,(H,9,12);3-4H,1-2H3,(H,8,9);2*1-2H3. The van der Waals surface area contributed by atoms with Gasteiger partial charge in [-0.15, -0.1) is 11.3 Å². The second-order valence-corrected chi connectivity index (χ2v) is 5.93.